The number of aliphatic carboxylic acids is 1. The molecule has 0 aromatic rings. The molecule has 1 aliphatic rings. The Bertz CT molecular complexity index is 154. The molecule has 0 atom stereocenters. The van der Waals surface area contributed by atoms with Gasteiger partial charge in [-0.2, -0.15) is 0 Å². The maximum atomic E-state index is 11.0. The van der Waals surface area contributed by atoms with E-state index in [1.807, 2.05) is 0 Å². The molecule has 0 heterocycles. The Labute approximate surface area is 72.4 Å². The Morgan fingerprint density at radius 3 is 2.25 bits per heavy atom. The van der Waals surface area contributed by atoms with Crippen LogP contribution in [0.1, 0.15) is 38.5 Å². The van der Waals surface area contributed by atoms with E-state index in [0.717, 1.165) is 32.1 Å². The fourth-order valence-electron chi connectivity index (χ4n) is 2.01. The van der Waals surface area contributed by atoms with Crippen molar-refractivity contribution >= 4 is 5.97 Å². The summed E-state index contributed by atoms with van der Waals surface area (Å²) < 4.78 is 0. The van der Waals surface area contributed by atoms with Crippen LogP contribution in [-0.4, -0.2) is 22.8 Å². The molecule has 0 spiro atoms. The molecule has 0 saturated heterocycles. The minimum atomic E-state index is -0.726. The van der Waals surface area contributed by atoms with Crippen LogP contribution in [0, 0.1) is 5.41 Å². The van der Waals surface area contributed by atoms with Gasteiger partial charge in [-0.15, -0.1) is 0 Å². The van der Waals surface area contributed by atoms with Crippen LogP contribution in [0.3, 0.4) is 0 Å². The van der Waals surface area contributed by atoms with Gasteiger partial charge in [0.15, 0.2) is 0 Å². The molecule has 0 aromatic carbocycles. The zero-order valence-corrected chi connectivity index (χ0v) is 7.25. The highest BCUT2D eigenvalue weighted by Gasteiger charge is 2.38. The molecule has 0 amide bonds. The second-order valence-corrected chi connectivity index (χ2v) is 3.62. The van der Waals surface area contributed by atoms with Crippen LogP contribution in [0.25, 0.3) is 0 Å². The van der Waals surface area contributed by atoms with E-state index >= 15 is 0 Å². The molecular weight excluding hydrogens is 156 g/mol. The van der Waals surface area contributed by atoms with Gasteiger partial charge in [0.2, 0.25) is 0 Å². The summed E-state index contributed by atoms with van der Waals surface area (Å²) in [5.41, 5.74) is -0.604. The molecule has 12 heavy (non-hydrogen) atoms. The first kappa shape index (κ1) is 9.52. The van der Waals surface area contributed by atoms with Crippen molar-refractivity contribution in [3.05, 3.63) is 0 Å². The van der Waals surface area contributed by atoms with Crippen molar-refractivity contribution in [1.29, 1.82) is 0 Å². The first-order valence-electron chi connectivity index (χ1n) is 4.55. The quantitative estimate of drug-likeness (QED) is 0.676. The Kier molecular flexibility index (Phi) is 3.09. The average Bonchev–Trinajstić information content (AvgIpc) is 2.06. The molecule has 0 aliphatic heterocycles. The molecule has 1 saturated carbocycles. The van der Waals surface area contributed by atoms with Crippen molar-refractivity contribution in [3.63, 3.8) is 0 Å². The van der Waals surface area contributed by atoms with Gasteiger partial charge in [-0.25, -0.2) is 0 Å². The second kappa shape index (κ2) is 3.90. The van der Waals surface area contributed by atoms with Crippen molar-refractivity contribution in [2.45, 2.75) is 38.5 Å². The second-order valence-electron chi connectivity index (χ2n) is 3.62. The predicted molar refractivity (Wildman–Crippen MR) is 44.9 cm³/mol. The van der Waals surface area contributed by atoms with E-state index < -0.39 is 11.4 Å². The monoisotopic (exact) mass is 172 g/mol. The summed E-state index contributed by atoms with van der Waals surface area (Å²) in [5, 5.41) is 17.8. The van der Waals surface area contributed by atoms with Crippen LogP contribution in [-0.2, 0) is 4.79 Å². The van der Waals surface area contributed by atoms with E-state index in [4.69, 9.17) is 10.2 Å². The van der Waals surface area contributed by atoms with Crippen molar-refractivity contribution in [2.75, 3.05) is 6.61 Å². The Hall–Kier alpha value is -0.570. The topological polar surface area (TPSA) is 57.5 Å². The molecule has 3 nitrogen and oxygen atoms in total. The number of carbonyl (C=O) groups is 1. The fraction of sp³-hybridized carbons (Fsp3) is 0.889. The van der Waals surface area contributed by atoms with Gasteiger partial charge in [0.25, 0.3) is 0 Å². The number of hydrogen-bond donors (Lipinski definition) is 2. The van der Waals surface area contributed by atoms with Gasteiger partial charge in [0, 0.05) is 6.61 Å². The maximum Gasteiger partial charge on any atom is 0.309 e. The number of aliphatic hydroxyl groups excluding tert-OH is 1. The van der Waals surface area contributed by atoms with Gasteiger partial charge >= 0.3 is 5.97 Å². The van der Waals surface area contributed by atoms with Crippen molar-refractivity contribution in [2.24, 2.45) is 5.41 Å². The van der Waals surface area contributed by atoms with Crippen LogP contribution in [0.2, 0.25) is 0 Å². The molecule has 70 valence electrons. The summed E-state index contributed by atoms with van der Waals surface area (Å²) in [6.45, 7) is -0.00764. The molecule has 1 aliphatic carbocycles. The van der Waals surface area contributed by atoms with Crippen LogP contribution in [0.5, 0.6) is 0 Å². The Morgan fingerprint density at radius 1 is 1.25 bits per heavy atom. The van der Waals surface area contributed by atoms with Gasteiger partial charge < -0.3 is 10.2 Å². The summed E-state index contributed by atoms with van der Waals surface area (Å²) >= 11 is 0. The standard InChI is InChI=1S/C9H16O3/c10-7-6-9(8(11)12)4-2-1-3-5-9/h10H,1-7H2,(H,11,12). The van der Waals surface area contributed by atoms with Gasteiger partial charge in [0.05, 0.1) is 5.41 Å². The third-order valence-electron chi connectivity index (χ3n) is 2.85. The highest BCUT2D eigenvalue weighted by molar-refractivity contribution is 5.74. The molecular formula is C9H16O3. The number of hydrogen-bond acceptors (Lipinski definition) is 2. The summed E-state index contributed by atoms with van der Waals surface area (Å²) in [6.07, 6.45) is 5.02. The highest BCUT2D eigenvalue weighted by Crippen LogP contribution is 2.39. The van der Waals surface area contributed by atoms with Crippen LogP contribution >= 0.6 is 0 Å². The minimum Gasteiger partial charge on any atom is -0.481 e. The molecule has 0 aromatic heterocycles. The minimum absolute atomic E-state index is 0.00764. The lowest BCUT2D eigenvalue weighted by molar-refractivity contribution is -0.152. The molecule has 3 heteroatoms. The fourth-order valence-corrected chi connectivity index (χ4v) is 2.01. The number of aliphatic hydroxyl groups is 1. The number of rotatable bonds is 3. The first-order chi connectivity index (χ1) is 5.71. The first-order valence-corrected chi connectivity index (χ1v) is 4.55. The lowest BCUT2D eigenvalue weighted by Crippen LogP contribution is -2.34. The highest BCUT2D eigenvalue weighted by atomic mass is 16.4. The summed E-state index contributed by atoms with van der Waals surface area (Å²) in [5.74, 6) is -0.726. The zero-order valence-electron chi connectivity index (χ0n) is 7.25. The van der Waals surface area contributed by atoms with E-state index in [0.29, 0.717) is 6.42 Å². The third kappa shape index (κ3) is 1.78. The van der Waals surface area contributed by atoms with Crippen molar-refractivity contribution in [3.8, 4) is 0 Å². The normalized spacial score (nSPS) is 22.1. The average molecular weight is 172 g/mol. The predicted octanol–water partition coefficient (Wildman–Crippen LogP) is 1.40. The van der Waals surface area contributed by atoms with E-state index in [-0.39, 0.29) is 6.61 Å². The Morgan fingerprint density at radius 2 is 1.83 bits per heavy atom. The summed E-state index contributed by atoms with van der Waals surface area (Å²) in [4.78, 5) is 11.0. The lowest BCUT2D eigenvalue weighted by atomic mass is 9.72. The molecule has 1 fully saturated rings. The molecule has 0 bridgehead atoms. The van der Waals surface area contributed by atoms with Gasteiger partial charge in [-0.05, 0) is 19.3 Å². The molecule has 0 radical (unpaired) electrons. The maximum absolute atomic E-state index is 11.0. The largest absolute Gasteiger partial charge is 0.481 e. The van der Waals surface area contributed by atoms with E-state index in [1.54, 1.807) is 0 Å². The van der Waals surface area contributed by atoms with Gasteiger partial charge in [-0.3, -0.25) is 4.79 Å². The van der Waals surface area contributed by atoms with Crippen molar-refractivity contribution < 1.29 is 15.0 Å². The van der Waals surface area contributed by atoms with Crippen LogP contribution in [0.4, 0.5) is 0 Å². The molecule has 1 rings (SSSR count). The molecule has 0 unspecified atom stereocenters. The smallest absolute Gasteiger partial charge is 0.309 e. The SMILES string of the molecule is O=C(O)C1(CCO)CCCCC1. The van der Waals surface area contributed by atoms with Crippen LogP contribution in [0.15, 0.2) is 0 Å². The molecule has 2 N–H and O–H groups in total. The number of carboxylic acid groups (broad SMARTS) is 1. The van der Waals surface area contributed by atoms with E-state index in [2.05, 4.69) is 0 Å². The third-order valence-corrected chi connectivity index (χ3v) is 2.85. The lowest BCUT2D eigenvalue weighted by Gasteiger charge is -2.32. The zero-order chi connectivity index (χ0) is 9.03. The van der Waals surface area contributed by atoms with E-state index in [1.165, 1.54) is 0 Å². The number of carboxylic acids is 1. The summed E-state index contributed by atoms with van der Waals surface area (Å²) in [7, 11) is 0. The van der Waals surface area contributed by atoms with Crippen LogP contribution < -0.4 is 0 Å². The van der Waals surface area contributed by atoms with Gasteiger partial charge in [0.1, 0.15) is 0 Å². The van der Waals surface area contributed by atoms with Gasteiger partial charge in [-0.1, -0.05) is 19.3 Å². The summed E-state index contributed by atoms with van der Waals surface area (Å²) in [6, 6.07) is 0. The van der Waals surface area contributed by atoms with Crippen molar-refractivity contribution in [1.82, 2.24) is 0 Å². The van der Waals surface area contributed by atoms with E-state index in [9.17, 15) is 4.79 Å². The Balaban J connectivity index is 2.63.